The van der Waals surface area contributed by atoms with Crippen molar-refractivity contribution in [3.05, 3.63) is 28.5 Å². The van der Waals surface area contributed by atoms with Crippen LogP contribution in [0.1, 0.15) is 36.2 Å². The first-order chi connectivity index (χ1) is 8.65. The van der Waals surface area contributed by atoms with Gasteiger partial charge in [-0.1, -0.05) is 0 Å². The van der Waals surface area contributed by atoms with Gasteiger partial charge < -0.3 is 5.32 Å². The molecule has 0 unspecified atom stereocenters. The molecule has 0 radical (unpaired) electrons. The summed E-state index contributed by atoms with van der Waals surface area (Å²) in [6, 6.07) is 3.54. The van der Waals surface area contributed by atoms with Crippen molar-refractivity contribution in [2.45, 2.75) is 31.1 Å². The van der Waals surface area contributed by atoms with Crippen LogP contribution in [-0.4, -0.2) is 22.8 Å². The second-order valence-corrected chi connectivity index (χ2v) is 6.22. The predicted octanol–water partition coefficient (Wildman–Crippen LogP) is 3.37. The molecule has 1 aliphatic rings. The third-order valence-corrected chi connectivity index (χ3v) is 4.19. The van der Waals surface area contributed by atoms with E-state index in [-0.39, 0.29) is 5.91 Å². The number of nitrogens with one attached hydrogen (secondary N) is 1. The average molecular weight is 332 g/mol. The fraction of sp³-hybridized carbons (Fsp3) is 0.538. The molecule has 0 aliphatic heterocycles. The van der Waals surface area contributed by atoms with Gasteiger partial charge in [0.25, 0.3) is 5.91 Å². The van der Waals surface area contributed by atoms with Gasteiger partial charge in [-0.15, -0.1) is 11.6 Å². The average Bonchev–Trinajstić information content (AvgIpc) is 2.38. The molecule has 1 fully saturated rings. The van der Waals surface area contributed by atoms with Crippen molar-refractivity contribution in [2.75, 3.05) is 6.54 Å². The van der Waals surface area contributed by atoms with Crippen LogP contribution in [0.15, 0.2) is 22.8 Å². The van der Waals surface area contributed by atoms with Crippen molar-refractivity contribution in [1.82, 2.24) is 10.3 Å². The summed E-state index contributed by atoms with van der Waals surface area (Å²) in [7, 11) is 0. The van der Waals surface area contributed by atoms with Gasteiger partial charge in [-0.2, -0.15) is 0 Å². The Bertz CT molecular complexity index is 402. The summed E-state index contributed by atoms with van der Waals surface area (Å²) >= 11 is 9.35. The van der Waals surface area contributed by atoms with Gasteiger partial charge in [0.15, 0.2) is 0 Å². The van der Waals surface area contributed by atoms with Gasteiger partial charge >= 0.3 is 0 Å². The summed E-state index contributed by atoms with van der Waals surface area (Å²) in [5.74, 6) is 0.454. The molecule has 5 heteroatoms. The molecule has 0 spiro atoms. The van der Waals surface area contributed by atoms with Crippen LogP contribution in [0.2, 0.25) is 0 Å². The number of alkyl halides is 1. The van der Waals surface area contributed by atoms with Crippen LogP contribution in [0.3, 0.4) is 0 Å². The van der Waals surface area contributed by atoms with Gasteiger partial charge in [-0.3, -0.25) is 4.79 Å². The maximum Gasteiger partial charge on any atom is 0.269 e. The number of pyridine rings is 1. The Labute approximate surface area is 120 Å². The highest BCUT2D eigenvalue weighted by atomic mass is 79.9. The third kappa shape index (κ3) is 3.95. The molecule has 1 amide bonds. The van der Waals surface area contributed by atoms with Crippen LogP contribution in [0.5, 0.6) is 0 Å². The first-order valence-electron chi connectivity index (χ1n) is 6.19. The fourth-order valence-electron chi connectivity index (χ4n) is 2.16. The second-order valence-electron chi connectivity index (χ2n) is 4.69. The highest BCUT2D eigenvalue weighted by Crippen LogP contribution is 2.26. The van der Waals surface area contributed by atoms with Crippen molar-refractivity contribution in [3.8, 4) is 0 Å². The third-order valence-electron chi connectivity index (χ3n) is 3.29. The van der Waals surface area contributed by atoms with E-state index in [0.29, 0.717) is 17.0 Å². The smallest absolute Gasteiger partial charge is 0.269 e. The Morgan fingerprint density at radius 3 is 2.72 bits per heavy atom. The summed E-state index contributed by atoms with van der Waals surface area (Å²) in [5, 5.41) is 3.27. The second kappa shape index (κ2) is 6.53. The van der Waals surface area contributed by atoms with Crippen molar-refractivity contribution < 1.29 is 4.79 Å². The number of hydrogen-bond acceptors (Lipinski definition) is 2. The van der Waals surface area contributed by atoms with E-state index in [4.69, 9.17) is 11.6 Å². The van der Waals surface area contributed by atoms with E-state index in [2.05, 4.69) is 26.2 Å². The van der Waals surface area contributed by atoms with Crippen LogP contribution in [0, 0.1) is 5.92 Å². The monoisotopic (exact) mass is 330 g/mol. The van der Waals surface area contributed by atoms with Crippen molar-refractivity contribution in [1.29, 1.82) is 0 Å². The van der Waals surface area contributed by atoms with E-state index in [1.165, 1.54) is 0 Å². The van der Waals surface area contributed by atoms with E-state index < -0.39 is 0 Å². The molecule has 0 saturated heterocycles. The zero-order valence-corrected chi connectivity index (χ0v) is 12.4. The Hall–Kier alpha value is -0.610. The number of halogens is 2. The van der Waals surface area contributed by atoms with Gasteiger partial charge in [0.2, 0.25) is 0 Å². The van der Waals surface area contributed by atoms with Crippen LogP contribution in [0.25, 0.3) is 0 Å². The SMILES string of the molecule is O=C(NCC1CCC(Cl)CC1)c1ccc(Br)cn1. The number of carbonyl (C=O) groups excluding carboxylic acids is 1. The standard InChI is InChI=1S/C13H16BrClN2O/c14-10-3-6-12(16-8-10)13(18)17-7-9-1-4-11(15)5-2-9/h3,6,8-9,11H,1-2,4-5,7H2,(H,17,18). The van der Waals surface area contributed by atoms with Crippen molar-refractivity contribution in [3.63, 3.8) is 0 Å². The highest BCUT2D eigenvalue weighted by molar-refractivity contribution is 9.10. The van der Waals surface area contributed by atoms with E-state index in [1.54, 1.807) is 12.3 Å². The van der Waals surface area contributed by atoms with Crippen LogP contribution in [-0.2, 0) is 0 Å². The lowest BCUT2D eigenvalue weighted by Crippen LogP contribution is -2.31. The lowest BCUT2D eigenvalue weighted by molar-refractivity contribution is 0.0938. The predicted molar refractivity (Wildman–Crippen MR) is 75.9 cm³/mol. The van der Waals surface area contributed by atoms with E-state index in [9.17, 15) is 4.79 Å². The van der Waals surface area contributed by atoms with Crippen molar-refractivity contribution in [2.24, 2.45) is 5.92 Å². The fourth-order valence-corrected chi connectivity index (χ4v) is 2.65. The molecule has 98 valence electrons. The Morgan fingerprint density at radius 2 is 2.11 bits per heavy atom. The Morgan fingerprint density at radius 1 is 1.39 bits per heavy atom. The maximum atomic E-state index is 11.8. The molecule has 1 heterocycles. The van der Waals surface area contributed by atoms with Gasteiger partial charge in [0.1, 0.15) is 5.69 Å². The molecule has 1 saturated carbocycles. The first kappa shape index (κ1) is 13.8. The van der Waals surface area contributed by atoms with E-state index >= 15 is 0 Å². The van der Waals surface area contributed by atoms with E-state index in [0.717, 1.165) is 36.7 Å². The molecule has 0 atom stereocenters. The minimum Gasteiger partial charge on any atom is -0.350 e. The van der Waals surface area contributed by atoms with Crippen LogP contribution >= 0.6 is 27.5 Å². The largest absolute Gasteiger partial charge is 0.350 e. The molecule has 18 heavy (non-hydrogen) atoms. The minimum absolute atomic E-state index is 0.101. The number of rotatable bonds is 3. The summed E-state index contributed by atoms with van der Waals surface area (Å²) in [5.41, 5.74) is 0.462. The van der Waals surface area contributed by atoms with Gasteiger partial charge in [-0.25, -0.2) is 4.98 Å². The molecule has 2 rings (SSSR count). The van der Waals surface area contributed by atoms with Crippen molar-refractivity contribution >= 4 is 33.4 Å². The first-order valence-corrected chi connectivity index (χ1v) is 7.42. The molecule has 1 aromatic heterocycles. The number of aromatic nitrogens is 1. The molecular weight excluding hydrogens is 316 g/mol. The quantitative estimate of drug-likeness (QED) is 0.863. The lowest BCUT2D eigenvalue weighted by atomic mass is 9.89. The zero-order chi connectivity index (χ0) is 13.0. The highest BCUT2D eigenvalue weighted by Gasteiger charge is 2.20. The number of amides is 1. The zero-order valence-electron chi connectivity index (χ0n) is 10.0. The maximum absolute atomic E-state index is 11.8. The lowest BCUT2D eigenvalue weighted by Gasteiger charge is -2.24. The van der Waals surface area contributed by atoms with Gasteiger partial charge in [0.05, 0.1) is 0 Å². The van der Waals surface area contributed by atoms with E-state index in [1.807, 2.05) is 6.07 Å². The molecule has 0 aromatic carbocycles. The Balaban J connectivity index is 1.79. The molecule has 1 aliphatic carbocycles. The van der Waals surface area contributed by atoms with Crippen LogP contribution < -0.4 is 5.32 Å². The summed E-state index contributed by atoms with van der Waals surface area (Å²) in [6.07, 6.45) is 5.94. The molecule has 3 nitrogen and oxygen atoms in total. The normalized spacial score (nSPS) is 23.7. The molecule has 0 bridgehead atoms. The number of nitrogens with zero attached hydrogens (tertiary/aromatic N) is 1. The molecular formula is C13H16BrClN2O. The topological polar surface area (TPSA) is 42.0 Å². The summed E-state index contributed by atoms with van der Waals surface area (Å²) < 4.78 is 0.875. The number of carbonyl (C=O) groups is 1. The molecule has 1 N–H and O–H groups in total. The summed E-state index contributed by atoms with van der Waals surface area (Å²) in [6.45, 7) is 0.722. The minimum atomic E-state index is -0.101. The van der Waals surface area contributed by atoms with Gasteiger partial charge in [0, 0.05) is 22.6 Å². The summed E-state index contributed by atoms with van der Waals surface area (Å²) in [4.78, 5) is 15.9. The van der Waals surface area contributed by atoms with Gasteiger partial charge in [-0.05, 0) is 59.7 Å². The number of hydrogen-bond donors (Lipinski definition) is 1. The van der Waals surface area contributed by atoms with Crippen LogP contribution in [0.4, 0.5) is 0 Å². The Kier molecular flexibility index (Phi) is 5.01. The molecule has 1 aromatic rings.